The predicted octanol–water partition coefficient (Wildman–Crippen LogP) is 1.53. The van der Waals surface area contributed by atoms with Crippen LogP contribution in [0.3, 0.4) is 0 Å². The van der Waals surface area contributed by atoms with Crippen LogP contribution in [0.1, 0.15) is 93.4 Å². The minimum Gasteiger partial charge on any atom is -0.463 e. The fourth-order valence-electron chi connectivity index (χ4n) is 5.13. The number of hydrogen-bond donors (Lipinski definition) is 4. The molecule has 0 radical (unpaired) electrons. The summed E-state index contributed by atoms with van der Waals surface area (Å²) >= 11 is 0. The maximum Gasteiger partial charge on any atom is 0.309 e. The molecular formula is C33H56O15. The van der Waals surface area contributed by atoms with E-state index in [2.05, 4.69) is 0 Å². The Morgan fingerprint density at radius 2 is 1.42 bits per heavy atom. The van der Waals surface area contributed by atoms with Gasteiger partial charge in [-0.15, -0.1) is 0 Å². The molecule has 2 fully saturated rings. The lowest BCUT2D eigenvalue weighted by molar-refractivity contribution is -0.384. The molecule has 0 unspecified atom stereocenters. The van der Waals surface area contributed by atoms with Gasteiger partial charge in [-0.2, -0.15) is 0 Å². The quantitative estimate of drug-likeness (QED) is 0.0858. The maximum absolute atomic E-state index is 13.3. The first-order chi connectivity index (χ1) is 22.7. The normalized spacial score (nSPS) is 31.6. The van der Waals surface area contributed by atoms with Gasteiger partial charge in [-0.3, -0.25) is 19.2 Å². The van der Waals surface area contributed by atoms with Crippen LogP contribution < -0.4 is 0 Å². The lowest BCUT2D eigenvalue weighted by Gasteiger charge is -2.46. The molecule has 0 aromatic rings. The van der Waals surface area contributed by atoms with Gasteiger partial charge in [0, 0.05) is 12.8 Å². The van der Waals surface area contributed by atoms with Crippen molar-refractivity contribution >= 4 is 23.9 Å². The van der Waals surface area contributed by atoms with Crippen LogP contribution in [0.25, 0.3) is 0 Å². The van der Waals surface area contributed by atoms with E-state index in [-0.39, 0.29) is 18.8 Å². The molecule has 0 saturated carbocycles. The molecule has 0 spiro atoms. The second-order valence-corrected chi connectivity index (χ2v) is 13.0. The van der Waals surface area contributed by atoms with Gasteiger partial charge >= 0.3 is 23.9 Å². The zero-order valence-corrected chi connectivity index (χ0v) is 29.2. The number of aliphatic hydroxyl groups is 4. The first kappa shape index (κ1) is 41.8. The third-order valence-electron chi connectivity index (χ3n) is 8.58. The van der Waals surface area contributed by atoms with Crippen molar-refractivity contribution < 1.29 is 72.8 Å². The monoisotopic (exact) mass is 692 g/mol. The van der Waals surface area contributed by atoms with Crippen LogP contribution in [0, 0.1) is 17.8 Å². The summed E-state index contributed by atoms with van der Waals surface area (Å²) in [7, 11) is 0. The van der Waals surface area contributed by atoms with Gasteiger partial charge in [-0.05, 0) is 25.2 Å². The van der Waals surface area contributed by atoms with Crippen LogP contribution in [0.15, 0.2) is 0 Å². The molecule has 0 bridgehead atoms. The largest absolute Gasteiger partial charge is 0.463 e. The average Bonchev–Trinajstić information content (AvgIpc) is 3.29. The van der Waals surface area contributed by atoms with E-state index < -0.39 is 110 Å². The number of carbonyl (C=O) groups is 4. The van der Waals surface area contributed by atoms with Crippen LogP contribution in [-0.4, -0.2) is 119 Å². The summed E-state index contributed by atoms with van der Waals surface area (Å²) in [4.78, 5) is 52.3. The second kappa shape index (κ2) is 19.7. The van der Waals surface area contributed by atoms with Gasteiger partial charge in [0.05, 0.1) is 18.4 Å². The molecule has 0 amide bonds. The maximum atomic E-state index is 13.3. The van der Waals surface area contributed by atoms with Crippen LogP contribution in [0.2, 0.25) is 0 Å². The summed E-state index contributed by atoms with van der Waals surface area (Å²) in [6, 6.07) is 0. The molecule has 2 heterocycles. The van der Waals surface area contributed by atoms with Crippen molar-refractivity contribution in [3.63, 3.8) is 0 Å². The molecule has 2 rings (SSSR count). The van der Waals surface area contributed by atoms with Crippen molar-refractivity contribution in [1.29, 1.82) is 0 Å². The summed E-state index contributed by atoms with van der Waals surface area (Å²) in [5.41, 5.74) is 0. The number of carbonyl (C=O) groups excluding carboxylic acids is 4. The van der Waals surface area contributed by atoms with Crippen molar-refractivity contribution in [2.75, 3.05) is 19.8 Å². The number of unbranched alkanes of at least 4 members (excludes halogenated alkanes) is 2. The summed E-state index contributed by atoms with van der Waals surface area (Å²) in [6.07, 6.45) is -10.1. The highest BCUT2D eigenvalue weighted by atomic mass is 16.8. The van der Waals surface area contributed by atoms with E-state index >= 15 is 0 Å². The molecular weight excluding hydrogens is 636 g/mol. The van der Waals surface area contributed by atoms with Crippen LogP contribution in [0.5, 0.6) is 0 Å². The van der Waals surface area contributed by atoms with Crippen molar-refractivity contribution in [2.45, 2.75) is 148 Å². The van der Waals surface area contributed by atoms with Crippen molar-refractivity contribution in [3.05, 3.63) is 0 Å². The minimum absolute atomic E-state index is 0.0180. The van der Waals surface area contributed by atoms with E-state index in [4.69, 9.17) is 33.2 Å². The Kier molecular flexibility index (Phi) is 17.1. The van der Waals surface area contributed by atoms with E-state index in [1.165, 1.54) is 0 Å². The molecule has 48 heavy (non-hydrogen) atoms. The zero-order valence-electron chi connectivity index (χ0n) is 29.2. The van der Waals surface area contributed by atoms with Gasteiger partial charge < -0.3 is 53.6 Å². The standard InChI is InChI=1S/C33H56O15/c1-8-11-12-13-23(36)44-27-26(45-24(37)14-18(4)5)22(16-42-30(40)19(6)9-2)43-32(28(27)46-31(41)20(7)10-3)48-33(17-35)29(39)25(38)21(15-34)47-33/h18-22,25-29,32,34-35,38-39H,8-17H2,1-7H3/t19-,20-,21-,22-,25-,26-,27+,28-,29+,32-,33+/m1/s1. The van der Waals surface area contributed by atoms with E-state index in [1.807, 2.05) is 6.92 Å². The van der Waals surface area contributed by atoms with Crippen LogP contribution in [0.4, 0.5) is 0 Å². The highest BCUT2D eigenvalue weighted by Crippen LogP contribution is 2.38. The summed E-state index contributed by atoms with van der Waals surface area (Å²) in [6.45, 7) is 10.0. The molecule has 0 aliphatic carbocycles. The molecule has 15 heteroatoms. The number of ether oxygens (including phenoxy) is 7. The van der Waals surface area contributed by atoms with E-state index in [0.717, 1.165) is 12.8 Å². The predicted molar refractivity (Wildman–Crippen MR) is 167 cm³/mol. The van der Waals surface area contributed by atoms with Gasteiger partial charge in [0.2, 0.25) is 12.1 Å². The van der Waals surface area contributed by atoms with Crippen LogP contribution in [-0.2, 0) is 52.3 Å². The molecule has 4 N–H and O–H groups in total. The highest BCUT2D eigenvalue weighted by Gasteiger charge is 2.61. The molecule has 11 atom stereocenters. The Morgan fingerprint density at radius 1 is 0.792 bits per heavy atom. The lowest BCUT2D eigenvalue weighted by Crippen LogP contribution is -2.65. The van der Waals surface area contributed by atoms with E-state index in [0.29, 0.717) is 19.3 Å². The molecule has 0 aromatic carbocycles. The Labute approximate surface area is 282 Å². The van der Waals surface area contributed by atoms with Gasteiger partial charge in [-0.25, -0.2) is 0 Å². The molecule has 0 aromatic heterocycles. The number of rotatable bonds is 19. The van der Waals surface area contributed by atoms with Gasteiger partial charge in [0.1, 0.15) is 37.6 Å². The lowest BCUT2D eigenvalue weighted by atomic mass is 9.97. The third kappa shape index (κ3) is 11.1. The average molecular weight is 693 g/mol. The van der Waals surface area contributed by atoms with Gasteiger partial charge in [-0.1, -0.05) is 61.3 Å². The third-order valence-corrected chi connectivity index (χ3v) is 8.58. The van der Waals surface area contributed by atoms with Crippen molar-refractivity contribution in [1.82, 2.24) is 0 Å². The zero-order chi connectivity index (χ0) is 36.2. The molecule has 278 valence electrons. The number of aliphatic hydroxyl groups excluding tert-OH is 4. The van der Waals surface area contributed by atoms with Gasteiger partial charge in [0.15, 0.2) is 18.3 Å². The Bertz CT molecular complexity index is 1040. The van der Waals surface area contributed by atoms with Crippen molar-refractivity contribution in [3.8, 4) is 0 Å². The number of esters is 4. The molecule has 15 nitrogen and oxygen atoms in total. The Hall–Kier alpha value is -2.40. The van der Waals surface area contributed by atoms with Crippen molar-refractivity contribution in [2.24, 2.45) is 17.8 Å². The molecule has 2 saturated heterocycles. The smallest absolute Gasteiger partial charge is 0.309 e. The number of hydrogen-bond acceptors (Lipinski definition) is 15. The van der Waals surface area contributed by atoms with E-state index in [9.17, 15) is 39.6 Å². The molecule has 2 aliphatic rings. The fourth-order valence-corrected chi connectivity index (χ4v) is 5.13. The van der Waals surface area contributed by atoms with E-state index in [1.54, 1.807) is 41.5 Å². The minimum atomic E-state index is -2.41. The first-order valence-electron chi connectivity index (χ1n) is 17.0. The summed E-state index contributed by atoms with van der Waals surface area (Å²) < 4.78 is 40.8. The highest BCUT2D eigenvalue weighted by molar-refractivity contribution is 5.73. The summed E-state index contributed by atoms with van der Waals surface area (Å²) in [5.74, 6) is -6.40. The van der Waals surface area contributed by atoms with Gasteiger partial charge in [0.25, 0.3) is 0 Å². The summed E-state index contributed by atoms with van der Waals surface area (Å²) in [5, 5.41) is 41.5. The Morgan fingerprint density at radius 3 is 1.96 bits per heavy atom. The SMILES string of the molecule is CCCCCC(=O)O[C@@H]1[C@@H](OC(=O)[C@H](C)CC)[C@@H](O[C@]2(CO)O[C@H](CO)[C@@H](O)[C@@H]2O)O[C@H](COC(=O)[C@H](C)CC)[C@H]1OC(=O)CC(C)C. The van der Waals surface area contributed by atoms with Crippen LogP contribution >= 0.6 is 0 Å². The topological polar surface area (TPSA) is 214 Å². The second-order valence-electron chi connectivity index (χ2n) is 13.0. The Balaban J connectivity index is 2.68. The first-order valence-corrected chi connectivity index (χ1v) is 17.0. The molecule has 2 aliphatic heterocycles. The fraction of sp³-hybridized carbons (Fsp3) is 0.879.